The summed E-state index contributed by atoms with van der Waals surface area (Å²) in [5.41, 5.74) is 6.14. The fourth-order valence-corrected chi connectivity index (χ4v) is 3.48. The van der Waals surface area contributed by atoms with Gasteiger partial charge in [0.15, 0.2) is 0 Å². The molecule has 0 aliphatic carbocycles. The van der Waals surface area contributed by atoms with Crippen LogP contribution in [0.15, 0.2) is 36.4 Å². The first-order valence-electron chi connectivity index (χ1n) is 8.70. The van der Waals surface area contributed by atoms with Gasteiger partial charge in [-0.2, -0.15) is 0 Å². The number of imide groups is 1. The molecule has 0 radical (unpaired) electrons. The lowest BCUT2D eigenvalue weighted by atomic mass is 10.0. The van der Waals surface area contributed by atoms with E-state index in [1.54, 1.807) is 0 Å². The number of amides is 2. The first-order valence-corrected chi connectivity index (χ1v) is 8.70. The maximum Gasteiger partial charge on any atom is 0.256 e. The van der Waals surface area contributed by atoms with E-state index in [9.17, 15) is 9.59 Å². The third-order valence-electron chi connectivity index (χ3n) is 4.75. The molecule has 1 atom stereocenters. The fourth-order valence-electron chi connectivity index (χ4n) is 3.48. The first kappa shape index (κ1) is 17.2. The van der Waals surface area contributed by atoms with Gasteiger partial charge in [0.1, 0.15) is 6.04 Å². The number of hydrogen-bond donors (Lipinski definition) is 1. The van der Waals surface area contributed by atoms with Crippen molar-refractivity contribution in [1.82, 2.24) is 0 Å². The van der Waals surface area contributed by atoms with Gasteiger partial charge in [-0.1, -0.05) is 36.8 Å². The number of anilines is 2. The van der Waals surface area contributed by atoms with Crippen LogP contribution < -0.4 is 10.2 Å². The summed E-state index contributed by atoms with van der Waals surface area (Å²) in [6, 6.07) is 11.3. The maximum absolute atomic E-state index is 12.8. The van der Waals surface area contributed by atoms with Gasteiger partial charge in [0.25, 0.3) is 5.91 Å². The lowest BCUT2D eigenvalue weighted by Gasteiger charge is -2.19. The average molecular weight is 336 g/mol. The lowest BCUT2D eigenvalue weighted by Crippen LogP contribution is -2.35. The molecule has 2 amide bonds. The lowest BCUT2D eigenvalue weighted by molar-refractivity contribution is -0.121. The summed E-state index contributed by atoms with van der Waals surface area (Å²) in [5, 5.41) is 3.30. The zero-order chi connectivity index (χ0) is 18.1. The standard InChI is InChI=1S/C21H24N2O2/c1-5-16-6-8-17(9-7-16)23-19(24)12-18(21(23)25)22-20-14(3)10-13(2)11-15(20)4/h6-11,18,22H,5,12H2,1-4H3. The second-order valence-corrected chi connectivity index (χ2v) is 6.76. The molecule has 1 N–H and O–H groups in total. The van der Waals surface area contributed by atoms with Crippen LogP contribution in [0.1, 0.15) is 35.6 Å². The van der Waals surface area contributed by atoms with Crippen LogP contribution >= 0.6 is 0 Å². The van der Waals surface area contributed by atoms with Crippen molar-refractivity contribution in [3.8, 4) is 0 Å². The molecule has 25 heavy (non-hydrogen) atoms. The molecule has 130 valence electrons. The highest BCUT2D eigenvalue weighted by atomic mass is 16.2. The highest BCUT2D eigenvalue weighted by Crippen LogP contribution is 2.28. The Labute approximate surface area is 148 Å². The monoisotopic (exact) mass is 336 g/mol. The number of nitrogens with one attached hydrogen (secondary N) is 1. The third-order valence-corrected chi connectivity index (χ3v) is 4.75. The quantitative estimate of drug-likeness (QED) is 0.861. The van der Waals surface area contributed by atoms with Crippen LogP contribution in [-0.2, 0) is 16.0 Å². The Morgan fingerprint density at radius 2 is 1.64 bits per heavy atom. The predicted molar refractivity (Wildman–Crippen MR) is 101 cm³/mol. The molecule has 1 unspecified atom stereocenters. The van der Waals surface area contributed by atoms with Crippen molar-refractivity contribution >= 4 is 23.2 Å². The van der Waals surface area contributed by atoms with E-state index in [-0.39, 0.29) is 18.2 Å². The van der Waals surface area contributed by atoms with Crippen molar-refractivity contribution in [2.45, 2.75) is 46.6 Å². The van der Waals surface area contributed by atoms with E-state index < -0.39 is 6.04 Å². The van der Waals surface area contributed by atoms with E-state index in [0.29, 0.717) is 5.69 Å². The Morgan fingerprint density at radius 1 is 1.04 bits per heavy atom. The number of rotatable bonds is 4. The SMILES string of the molecule is CCc1ccc(N2C(=O)CC(Nc3c(C)cc(C)cc3C)C2=O)cc1. The summed E-state index contributed by atoms with van der Waals surface area (Å²) in [6.45, 7) is 8.17. The summed E-state index contributed by atoms with van der Waals surface area (Å²) in [6.07, 6.45) is 1.11. The van der Waals surface area contributed by atoms with Gasteiger partial charge in [0, 0.05) is 5.69 Å². The van der Waals surface area contributed by atoms with Crippen LogP contribution in [0.4, 0.5) is 11.4 Å². The molecule has 4 heteroatoms. The minimum absolute atomic E-state index is 0.158. The van der Waals surface area contributed by atoms with Gasteiger partial charge in [-0.25, -0.2) is 4.90 Å². The molecule has 0 aromatic heterocycles. The van der Waals surface area contributed by atoms with Crippen LogP contribution in [0.3, 0.4) is 0 Å². The van der Waals surface area contributed by atoms with Crippen LogP contribution in [0.2, 0.25) is 0 Å². The molecule has 1 saturated heterocycles. The van der Waals surface area contributed by atoms with Gasteiger partial charge in [0.05, 0.1) is 12.1 Å². The van der Waals surface area contributed by atoms with Crippen molar-refractivity contribution < 1.29 is 9.59 Å². The van der Waals surface area contributed by atoms with E-state index in [1.165, 1.54) is 16.0 Å². The molecule has 2 aromatic carbocycles. The fraction of sp³-hybridized carbons (Fsp3) is 0.333. The summed E-state index contributed by atoms with van der Waals surface area (Å²) < 4.78 is 0. The Kier molecular flexibility index (Phi) is 4.62. The summed E-state index contributed by atoms with van der Waals surface area (Å²) in [5.74, 6) is -0.345. The Balaban J connectivity index is 1.84. The molecule has 0 bridgehead atoms. The van der Waals surface area contributed by atoms with Crippen molar-refractivity contribution in [2.24, 2.45) is 0 Å². The molecule has 1 aliphatic rings. The predicted octanol–water partition coefficient (Wildman–Crippen LogP) is 3.92. The van der Waals surface area contributed by atoms with Crippen LogP contribution in [0, 0.1) is 20.8 Å². The van der Waals surface area contributed by atoms with Gasteiger partial charge < -0.3 is 5.32 Å². The smallest absolute Gasteiger partial charge is 0.256 e. The molecule has 1 aliphatic heterocycles. The molecular formula is C21H24N2O2. The molecule has 4 nitrogen and oxygen atoms in total. The number of aryl methyl sites for hydroxylation is 4. The molecule has 0 spiro atoms. The minimum Gasteiger partial charge on any atom is -0.373 e. The van der Waals surface area contributed by atoms with E-state index in [0.717, 1.165) is 23.2 Å². The Hall–Kier alpha value is -2.62. The van der Waals surface area contributed by atoms with Gasteiger partial charge in [-0.05, 0) is 56.0 Å². The molecule has 1 fully saturated rings. The number of carbonyl (C=O) groups excluding carboxylic acids is 2. The second kappa shape index (κ2) is 6.71. The normalized spacial score (nSPS) is 17.3. The molecule has 2 aromatic rings. The van der Waals surface area contributed by atoms with Crippen molar-refractivity contribution in [1.29, 1.82) is 0 Å². The highest BCUT2D eigenvalue weighted by Gasteiger charge is 2.39. The Morgan fingerprint density at radius 3 is 2.20 bits per heavy atom. The summed E-state index contributed by atoms with van der Waals surface area (Å²) in [4.78, 5) is 26.5. The van der Waals surface area contributed by atoms with Gasteiger partial charge in [-0.15, -0.1) is 0 Å². The van der Waals surface area contributed by atoms with Gasteiger partial charge in [0.2, 0.25) is 5.91 Å². The van der Waals surface area contributed by atoms with Crippen molar-refractivity contribution in [3.63, 3.8) is 0 Å². The number of nitrogens with zero attached hydrogens (tertiary/aromatic N) is 1. The van der Waals surface area contributed by atoms with E-state index in [2.05, 4.69) is 31.3 Å². The summed E-state index contributed by atoms with van der Waals surface area (Å²) >= 11 is 0. The van der Waals surface area contributed by atoms with Gasteiger partial charge >= 0.3 is 0 Å². The third kappa shape index (κ3) is 3.29. The zero-order valence-corrected chi connectivity index (χ0v) is 15.2. The number of benzene rings is 2. The zero-order valence-electron chi connectivity index (χ0n) is 15.2. The van der Waals surface area contributed by atoms with Gasteiger partial charge in [-0.3, -0.25) is 9.59 Å². The topological polar surface area (TPSA) is 49.4 Å². The molecule has 0 saturated carbocycles. The van der Waals surface area contributed by atoms with Crippen LogP contribution in [-0.4, -0.2) is 17.9 Å². The first-order chi connectivity index (χ1) is 11.9. The molecule has 3 rings (SSSR count). The van der Waals surface area contributed by atoms with Crippen molar-refractivity contribution in [2.75, 3.05) is 10.2 Å². The number of hydrogen-bond acceptors (Lipinski definition) is 3. The van der Waals surface area contributed by atoms with E-state index >= 15 is 0 Å². The highest BCUT2D eigenvalue weighted by molar-refractivity contribution is 6.23. The number of carbonyl (C=O) groups is 2. The van der Waals surface area contributed by atoms with Crippen LogP contribution in [0.5, 0.6) is 0 Å². The molecule has 1 heterocycles. The average Bonchev–Trinajstić information content (AvgIpc) is 2.85. The van der Waals surface area contributed by atoms with Crippen molar-refractivity contribution in [3.05, 3.63) is 58.7 Å². The minimum atomic E-state index is -0.515. The maximum atomic E-state index is 12.8. The van der Waals surface area contributed by atoms with E-state index in [1.807, 2.05) is 38.1 Å². The van der Waals surface area contributed by atoms with Crippen LogP contribution in [0.25, 0.3) is 0 Å². The largest absolute Gasteiger partial charge is 0.373 e. The van der Waals surface area contributed by atoms with E-state index in [4.69, 9.17) is 0 Å². The summed E-state index contributed by atoms with van der Waals surface area (Å²) in [7, 11) is 0. The second-order valence-electron chi connectivity index (χ2n) is 6.76. The molecular weight excluding hydrogens is 312 g/mol. The Bertz CT molecular complexity index is 801.